The van der Waals surface area contributed by atoms with Crippen LogP contribution in [-0.4, -0.2) is 52.4 Å². The molecule has 0 spiro atoms. The number of alkyl halides is 1. The van der Waals surface area contributed by atoms with Gasteiger partial charge in [0.15, 0.2) is 5.56 Å². The standard InChI is InChI=1S/C9H7ClO4.C8H7ClO3.C7H4ClNO4.C5H8Cl2O2/c1-13-8(11)6-2-4-7(5-3-6)14-9(10)12;1-11-6-2-4-7(5-3-6)12-8(9)10;8-7(10)13-6-4-2-1-3-5(6)9(11)12;1-3(2)4(6)9-5(7)8/h2-5H,1H3;2-5H,1H3;1-4H;3-4H,1-2H3. The van der Waals surface area contributed by atoms with Gasteiger partial charge < -0.3 is 28.4 Å². The average molecular weight is 774 g/mol. The van der Waals surface area contributed by atoms with Crippen LogP contribution in [0.1, 0.15) is 24.2 Å². The van der Waals surface area contributed by atoms with Gasteiger partial charge in [-0.2, -0.15) is 0 Å². The minimum atomic E-state index is -1.10. The van der Waals surface area contributed by atoms with Crippen LogP contribution in [0.5, 0.6) is 23.0 Å². The van der Waals surface area contributed by atoms with Crippen molar-refractivity contribution < 1.29 is 57.3 Å². The van der Waals surface area contributed by atoms with Crippen molar-refractivity contribution in [2.45, 2.75) is 19.4 Å². The van der Waals surface area contributed by atoms with E-state index in [1.165, 1.54) is 55.6 Å². The summed E-state index contributed by atoms with van der Waals surface area (Å²) < 4.78 is 27.3. The lowest BCUT2D eigenvalue weighted by atomic mass is 10.2. The number of benzene rings is 3. The normalized spacial score (nSPS) is 10.0. The maximum Gasteiger partial charge on any atom is 0.409 e. The number of carbonyl (C=O) groups is 5. The number of nitrogens with zero attached hydrogens (tertiary/aromatic N) is 1. The Balaban J connectivity index is 0.000000621. The van der Waals surface area contributed by atoms with E-state index in [4.69, 9.17) is 62.7 Å². The molecule has 1 unspecified atom stereocenters. The van der Waals surface area contributed by atoms with Crippen molar-refractivity contribution in [3.05, 3.63) is 88.5 Å². The van der Waals surface area contributed by atoms with Crippen molar-refractivity contribution in [1.29, 1.82) is 0 Å². The van der Waals surface area contributed by atoms with Gasteiger partial charge in [0, 0.05) is 58.4 Å². The number of carbonyl (C=O) groups excluding carboxylic acids is 5. The first-order valence-corrected chi connectivity index (χ1v) is 14.6. The highest BCUT2D eigenvalue weighted by Crippen LogP contribution is 2.26. The predicted molar refractivity (Wildman–Crippen MR) is 176 cm³/mol. The summed E-state index contributed by atoms with van der Waals surface area (Å²) in [6.07, 6.45) is 0. The third kappa shape index (κ3) is 20.0. The smallest absolute Gasteiger partial charge is 0.409 e. The monoisotopic (exact) mass is 771 g/mol. The molecule has 3 rings (SSSR count). The van der Waals surface area contributed by atoms with Crippen LogP contribution in [-0.2, 0) is 9.47 Å². The van der Waals surface area contributed by atoms with Crippen molar-refractivity contribution in [3.8, 4) is 23.0 Å². The van der Waals surface area contributed by atoms with Gasteiger partial charge in [-0.25, -0.2) is 24.0 Å². The van der Waals surface area contributed by atoms with Crippen LogP contribution >= 0.6 is 58.0 Å². The van der Waals surface area contributed by atoms with E-state index in [-0.39, 0.29) is 23.1 Å². The highest BCUT2D eigenvalue weighted by atomic mass is 35.5. The molecule has 0 saturated carbocycles. The molecule has 0 aliphatic heterocycles. The number of esters is 1. The molecule has 19 heteroatoms. The fourth-order valence-corrected chi connectivity index (χ4v) is 3.10. The molecular formula is C29H26Cl5NO13. The van der Waals surface area contributed by atoms with E-state index >= 15 is 0 Å². The highest BCUT2D eigenvalue weighted by Gasteiger charge is 2.15. The first-order chi connectivity index (χ1) is 22.5. The molecule has 0 heterocycles. The minimum Gasteiger partial charge on any atom is -0.497 e. The molecule has 1 atom stereocenters. The quantitative estimate of drug-likeness (QED) is 0.0694. The number of hydrogen-bond acceptors (Lipinski definition) is 13. The van der Waals surface area contributed by atoms with Crippen LogP contribution in [0.3, 0.4) is 0 Å². The number of hydrogen-bond donors (Lipinski definition) is 0. The summed E-state index contributed by atoms with van der Waals surface area (Å²) in [6.45, 7) is 3.66. The van der Waals surface area contributed by atoms with Gasteiger partial charge in [-0.3, -0.25) is 10.1 Å². The van der Waals surface area contributed by atoms with E-state index in [1.54, 1.807) is 31.4 Å². The van der Waals surface area contributed by atoms with Gasteiger partial charge >= 0.3 is 33.4 Å². The van der Waals surface area contributed by atoms with Crippen molar-refractivity contribution in [2.24, 2.45) is 5.92 Å². The largest absolute Gasteiger partial charge is 0.497 e. The Morgan fingerprint density at radius 3 is 1.46 bits per heavy atom. The van der Waals surface area contributed by atoms with Gasteiger partial charge in [0.2, 0.25) is 5.75 Å². The summed E-state index contributed by atoms with van der Waals surface area (Å²) in [4.78, 5) is 61.7. The Morgan fingerprint density at radius 1 is 0.667 bits per heavy atom. The van der Waals surface area contributed by atoms with E-state index in [0.29, 0.717) is 17.1 Å². The van der Waals surface area contributed by atoms with Gasteiger partial charge in [-0.05, 0) is 54.6 Å². The van der Waals surface area contributed by atoms with Crippen LogP contribution in [0.2, 0.25) is 0 Å². The van der Waals surface area contributed by atoms with Gasteiger partial charge in [0.1, 0.15) is 17.2 Å². The first kappa shape index (κ1) is 43.7. The third-order valence-corrected chi connectivity index (χ3v) is 5.63. The molecule has 0 saturated heterocycles. The molecule has 0 aromatic heterocycles. The zero-order valence-corrected chi connectivity index (χ0v) is 29.0. The zero-order chi connectivity index (χ0) is 36.8. The summed E-state index contributed by atoms with van der Waals surface area (Å²) in [5.41, 5.74) is -4.26. The Labute approximate surface area is 298 Å². The van der Waals surface area contributed by atoms with Gasteiger partial charge in [-0.15, -0.1) is 0 Å². The van der Waals surface area contributed by atoms with Crippen molar-refractivity contribution in [3.63, 3.8) is 0 Å². The molecule has 0 amide bonds. The molecule has 14 nitrogen and oxygen atoms in total. The summed E-state index contributed by atoms with van der Waals surface area (Å²) >= 11 is 25.2. The van der Waals surface area contributed by atoms with Crippen LogP contribution in [0.25, 0.3) is 0 Å². The highest BCUT2D eigenvalue weighted by molar-refractivity contribution is 6.62. The van der Waals surface area contributed by atoms with Crippen molar-refractivity contribution in [1.82, 2.24) is 0 Å². The second-order valence-corrected chi connectivity index (χ2v) is 10.1. The molecule has 0 radical (unpaired) electrons. The van der Waals surface area contributed by atoms with Crippen molar-refractivity contribution in [2.75, 3.05) is 14.2 Å². The lowest BCUT2D eigenvalue weighted by Gasteiger charge is -2.10. The van der Waals surface area contributed by atoms with Crippen molar-refractivity contribution >= 4 is 91.4 Å². The minimum absolute atomic E-state index is 0.0920. The van der Waals surface area contributed by atoms with E-state index in [0.717, 1.165) is 0 Å². The Kier molecular flexibility index (Phi) is 21.7. The van der Waals surface area contributed by atoms with Crippen LogP contribution in [0, 0.1) is 16.0 Å². The first-order valence-electron chi connectivity index (χ1n) is 12.7. The van der Waals surface area contributed by atoms with Gasteiger partial charge in [-0.1, -0.05) is 37.6 Å². The summed E-state index contributed by atoms with van der Waals surface area (Å²) in [7, 11) is 2.84. The van der Waals surface area contributed by atoms with Gasteiger partial charge in [0.05, 0.1) is 24.7 Å². The molecule has 0 aliphatic carbocycles. The van der Waals surface area contributed by atoms with Crippen LogP contribution in [0.15, 0.2) is 72.8 Å². The number of para-hydroxylation sites is 2. The molecule has 3 aromatic rings. The number of halogens is 5. The zero-order valence-electron chi connectivity index (χ0n) is 25.2. The lowest BCUT2D eigenvalue weighted by molar-refractivity contribution is -0.385. The summed E-state index contributed by atoms with van der Waals surface area (Å²) in [6, 6.07) is 17.9. The number of methoxy groups -OCH3 is 2. The molecule has 3 aromatic carbocycles. The molecular weight excluding hydrogens is 748 g/mol. The third-order valence-electron chi connectivity index (χ3n) is 4.71. The van der Waals surface area contributed by atoms with E-state index in [1.807, 2.05) is 13.8 Å². The second-order valence-electron chi connectivity index (χ2n) is 8.39. The summed E-state index contributed by atoms with van der Waals surface area (Å²) in [5.74, 6) is 0.855. The molecule has 0 N–H and O–H groups in total. The maximum atomic E-state index is 11.0. The fraction of sp³-hybridized carbons (Fsp3) is 0.207. The lowest BCUT2D eigenvalue weighted by Crippen LogP contribution is -2.13. The van der Waals surface area contributed by atoms with E-state index in [9.17, 15) is 34.1 Å². The topological polar surface area (TPSA) is 184 Å². The molecule has 0 fully saturated rings. The van der Waals surface area contributed by atoms with Crippen LogP contribution in [0.4, 0.5) is 24.9 Å². The van der Waals surface area contributed by atoms with Crippen LogP contribution < -0.4 is 18.9 Å². The Bertz CT molecular complexity index is 1500. The predicted octanol–water partition coefficient (Wildman–Crippen LogP) is 9.56. The fourth-order valence-electron chi connectivity index (χ4n) is 2.61. The number of rotatable bonds is 8. The number of nitro groups is 1. The summed E-state index contributed by atoms with van der Waals surface area (Å²) in [5, 5.41) is 10.4. The number of ether oxygens (including phenoxy) is 6. The molecule has 0 aliphatic rings. The Morgan fingerprint density at radius 2 is 1.10 bits per heavy atom. The van der Waals surface area contributed by atoms with Gasteiger partial charge in [0.25, 0.3) is 0 Å². The van der Waals surface area contributed by atoms with E-state index < -0.39 is 38.2 Å². The maximum absolute atomic E-state index is 11.0. The second kappa shape index (κ2) is 23.9. The molecule has 260 valence electrons. The average Bonchev–Trinajstić information content (AvgIpc) is 3.01. The molecule has 48 heavy (non-hydrogen) atoms. The number of nitro benzene ring substituents is 1. The SMILES string of the molecule is CC(C)C(Cl)OC(=O)Cl.COC(=O)c1ccc(OC(=O)Cl)cc1.COc1ccc(OC(=O)Cl)cc1.O=C(Cl)Oc1ccccc1[N+](=O)[O-]. The Hall–Kier alpha value is -4.34. The van der Waals surface area contributed by atoms with E-state index in [2.05, 4.69) is 23.7 Å². The molecule has 0 bridgehead atoms.